The van der Waals surface area contributed by atoms with Gasteiger partial charge >= 0.3 is 0 Å². The first-order valence-corrected chi connectivity index (χ1v) is 11.8. The molecule has 0 aliphatic rings. The van der Waals surface area contributed by atoms with Gasteiger partial charge in [-0.15, -0.1) is 0 Å². The molecule has 0 saturated heterocycles. The van der Waals surface area contributed by atoms with Crippen molar-refractivity contribution in [3.63, 3.8) is 0 Å². The van der Waals surface area contributed by atoms with Gasteiger partial charge in [0, 0.05) is 19.5 Å². The van der Waals surface area contributed by atoms with E-state index in [1.807, 2.05) is 0 Å². The lowest BCUT2D eigenvalue weighted by Gasteiger charge is -2.18. The number of fused-ring (bicyclic) bond motifs is 1. The number of nitrogens with one attached hydrogen (secondary N) is 1. The first-order valence-electron chi connectivity index (χ1n) is 11.8. The number of rotatable bonds is 9. The molecule has 0 aliphatic carbocycles. The molecule has 0 atom stereocenters. The number of benzene rings is 2. The largest absolute Gasteiger partial charge is 0.459 e. The predicted octanol–water partition coefficient (Wildman–Crippen LogP) is 6.05. The molecule has 0 radical (unpaired) electrons. The van der Waals surface area contributed by atoms with Gasteiger partial charge in [-0.05, 0) is 92.6 Å². The Hall–Kier alpha value is -3.34. The normalized spacial score (nSPS) is 11.3. The van der Waals surface area contributed by atoms with Gasteiger partial charge in [0.2, 0.25) is 0 Å². The molecule has 0 bridgehead atoms. The quantitative estimate of drug-likeness (QED) is 0.320. The zero-order chi connectivity index (χ0) is 23.4. The number of hydrogen-bond acceptors (Lipinski definition) is 3. The molecule has 2 heterocycles. The molecule has 1 N–H and O–H groups in total. The highest BCUT2D eigenvalue weighted by atomic mass is 16.3. The molecule has 0 unspecified atom stereocenters. The number of carbonyl (C=O) groups excluding carboxylic acids is 1. The highest BCUT2D eigenvalue weighted by Crippen LogP contribution is 2.26. The van der Waals surface area contributed by atoms with Crippen LogP contribution in [0.3, 0.4) is 0 Å². The van der Waals surface area contributed by atoms with E-state index >= 15 is 0 Å². The molecule has 2 aromatic heterocycles. The van der Waals surface area contributed by atoms with Crippen molar-refractivity contribution in [2.75, 3.05) is 6.54 Å². The summed E-state index contributed by atoms with van der Waals surface area (Å²) in [5.74, 6) is 1.34. The molecule has 5 heteroatoms. The number of furan rings is 1. The van der Waals surface area contributed by atoms with Crippen LogP contribution in [0, 0.1) is 27.7 Å². The van der Waals surface area contributed by atoms with E-state index in [4.69, 9.17) is 9.40 Å². The molecular formula is C28H33N3O2. The summed E-state index contributed by atoms with van der Waals surface area (Å²) in [7, 11) is 0. The van der Waals surface area contributed by atoms with Crippen molar-refractivity contribution in [1.82, 2.24) is 14.9 Å². The van der Waals surface area contributed by atoms with E-state index in [1.54, 1.807) is 12.1 Å². The SMILES string of the molecule is Cc1cc(C)c(C)c(Cn2c(CCCCCNC(=O)c3ccco3)nc3ccccc32)c1C. The Bertz CT molecular complexity index is 1230. The van der Waals surface area contributed by atoms with Crippen LogP contribution in [0.1, 0.15) is 63.5 Å². The second kappa shape index (κ2) is 10.1. The third kappa shape index (κ3) is 5.03. The van der Waals surface area contributed by atoms with Gasteiger partial charge in [0.25, 0.3) is 5.91 Å². The van der Waals surface area contributed by atoms with Crippen molar-refractivity contribution in [3.05, 3.63) is 88.1 Å². The zero-order valence-electron chi connectivity index (χ0n) is 20.1. The van der Waals surface area contributed by atoms with Crippen LogP contribution in [0.4, 0.5) is 0 Å². The van der Waals surface area contributed by atoms with Crippen molar-refractivity contribution in [1.29, 1.82) is 0 Å². The summed E-state index contributed by atoms with van der Waals surface area (Å²) in [4.78, 5) is 16.9. The molecule has 0 fully saturated rings. The Morgan fingerprint density at radius 1 is 0.970 bits per heavy atom. The minimum Gasteiger partial charge on any atom is -0.459 e. The number of nitrogens with zero attached hydrogens (tertiary/aromatic N) is 2. The first kappa shape index (κ1) is 22.8. The highest BCUT2D eigenvalue weighted by molar-refractivity contribution is 5.91. The van der Waals surface area contributed by atoms with Crippen molar-refractivity contribution in [2.24, 2.45) is 0 Å². The van der Waals surface area contributed by atoms with Crippen LogP contribution >= 0.6 is 0 Å². The van der Waals surface area contributed by atoms with Crippen LogP contribution in [0.15, 0.2) is 53.1 Å². The van der Waals surface area contributed by atoms with Crippen LogP contribution in [0.25, 0.3) is 11.0 Å². The van der Waals surface area contributed by atoms with E-state index in [0.29, 0.717) is 12.3 Å². The Morgan fingerprint density at radius 3 is 2.45 bits per heavy atom. The number of aromatic nitrogens is 2. The Morgan fingerprint density at radius 2 is 1.73 bits per heavy atom. The van der Waals surface area contributed by atoms with Gasteiger partial charge in [0.1, 0.15) is 5.82 Å². The summed E-state index contributed by atoms with van der Waals surface area (Å²) >= 11 is 0. The molecular weight excluding hydrogens is 410 g/mol. The number of hydrogen-bond donors (Lipinski definition) is 1. The number of aryl methyl sites for hydroxylation is 3. The maximum Gasteiger partial charge on any atom is 0.286 e. The van der Waals surface area contributed by atoms with Crippen LogP contribution in [-0.2, 0) is 13.0 Å². The number of carbonyl (C=O) groups is 1. The van der Waals surface area contributed by atoms with E-state index in [-0.39, 0.29) is 5.91 Å². The Balaban J connectivity index is 1.43. The maximum absolute atomic E-state index is 12.0. The van der Waals surface area contributed by atoms with E-state index in [1.165, 1.54) is 39.6 Å². The smallest absolute Gasteiger partial charge is 0.286 e. The number of amides is 1. The molecule has 4 aromatic rings. The van der Waals surface area contributed by atoms with Gasteiger partial charge < -0.3 is 14.3 Å². The molecule has 0 spiro atoms. The van der Waals surface area contributed by atoms with Crippen molar-refractivity contribution in [2.45, 2.75) is 59.9 Å². The number of para-hydroxylation sites is 2. The van der Waals surface area contributed by atoms with E-state index < -0.39 is 0 Å². The monoisotopic (exact) mass is 443 g/mol. The molecule has 5 nitrogen and oxygen atoms in total. The third-order valence-electron chi connectivity index (χ3n) is 6.68. The molecule has 1 amide bonds. The lowest BCUT2D eigenvalue weighted by atomic mass is 9.94. The average Bonchev–Trinajstić information content (AvgIpc) is 3.46. The predicted molar refractivity (Wildman–Crippen MR) is 133 cm³/mol. The molecule has 2 aromatic carbocycles. The summed E-state index contributed by atoms with van der Waals surface area (Å²) in [6.45, 7) is 10.3. The fraction of sp³-hybridized carbons (Fsp3) is 0.357. The second-order valence-electron chi connectivity index (χ2n) is 8.89. The fourth-order valence-electron chi connectivity index (χ4n) is 4.47. The number of unbranched alkanes of at least 4 members (excludes halogenated alkanes) is 2. The first-order chi connectivity index (χ1) is 16.0. The second-order valence-corrected chi connectivity index (χ2v) is 8.89. The lowest BCUT2D eigenvalue weighted by molar-refractivity contribution is 0.0925. The van der Waals surface area contributed by atoms with Gasteiger partial charge in [-0.1, -0.05) is 24.6 Å². The van der Waals surface area contributed by atoms with Gasteiger partial charge in [0.05, 0.1) is 17.3 Å². The van der Waals surface area contributed by atoms with Crippen LogP contribution < -0.4 is 5.32 Å². The zero-order valence-corrected chi connectivity index (χ0v) is 20.1. The lowest BCUT2D eigenvalue weighted by Crippen LogP contribution is -2.23. The Labute approximate surface area is 195 Å². The molecule has 4 rings (SSSR count). The molecule has 33 heavy (non-hydrogen) atoms. The fourth-order valence-corrected chi connectivity index (χ4v) is 4.47. The van der Waals surface area contributed by atoms with E-state index in [2.05, 4.69) is 67.9 Å². The summed E-state index contributed by atoms with van der Waals surface area (Å²) in [5.41, 5.74) is 9.07. The van der Waals surface area contributed by atoms with Crippen LogP contribution in [-0.4, -0.2) is 22.0 Å². The van der Waals surface area contributed by atoms with Crippen molar-refractivity contribution < 1.29 is 9.21 Å². The van der Waals surface area contributed by atoms with Gasteiger partial charge in [0.15, 0.2) is 5.76 Å². The topological polar surface area (TPSA) is 60.1 Å². The van der Waals surface area contributed by atoms with Gasteiger partial charge in [-0.3, -0.25) is 4.79 Å². The van der Waals surface area contributed by atoms with Gasteiger partial charge in [-0.2, -0.15) is 0 Å². The summed E-state index contributed by atoms with van der Waals surface area (Å²) in [5, 5.41) is 2.92. The highest BCUT2D eigenvalue weighted by Gasteiger charge is 2.15. The standard InChI is InChI=1S/C28H33N3O2/c1-19-17-20(2)22(4)23(21(19)3)18-31-25-12-8-7-11-24(25)30-27(31)14-6-5-9-15-29-28(32)26-13-10-16-33-26/h7-8,10-13,16-17H,5-6,9,14-15,18H2,1-4H3,(H,29,32). The van der Waals surface area contributed by atoms with E-state index in [9.17, 15) is 4.79 Å². The minimum atomic E-state index is -0.152. The number of imidazole rings is 1. The average molecular weight is 444 g/mol. The minimum absolute atomic E-state index is 0.152. The summed E-state index contributed by atoms with van der Waals surface area (Å²) in [6, 6.07) is 14.1. The van der Waals surface area contributed by atoms with Crippen molar-refractivity contribution >= 4 is 16.9 Å². The van der Waals surface area contributed by atoms with Gasteiger partial charge in [-0.25, -0.2) is 4.98 Å². The molecule has 0 saturated carbocycles. The summed E-state index contributed by atoms with van der Waals surface area (Å²) < 4.78 is 7.52. The van der Waals surface area contributed by atoms with Crippen LogP contribution in [0.5, 0.6) is 0 Å². The summed E-state index contributed by atoms with van der Waals surface area (Å²) in [6.07, 6.45) is 5.43. The Kier molecular flexibility index (Phi) is 6.97. The third-order valence-corrected chi connectivity index (χ3v) is 6.68. The maximum atomic E-state index is 12.0. The molecule has 172 valence electrons. The molecule has 0 aliphatic heterocycles. The van der Waals surface area contributed by atoms with E-state index in [0.717, 1.165) is 43.6 Å². The van der Waals surface area contributed by atoms with Crippen LogP contribution in [0.2, 0.25) is 0 Å². The van der Waals surface area contributed by atoms with Crippen molar-refractivity contribution in [3.8, 4) is 0 Å².